The number of nitro benzene ring substituents is 1. The topological polar surface area (TPSA) is 89.3 Å². The van der Waals surface area contributed by atoms with Crippen molar-refractivity contribution in [1.82, 2.24) is 5.32 Å². The van der Waals surface area contributed by atoms with Crippen molar-refractivity contribution in [2.24, 2.45) is 5.92 Å². The van der Waals surface area contributed by atoms with Crippen LogP contribution >= 0.6 is 0 Å². The highest BCUT2D eigenvalue weighted by atomic mass is 32.2. The Morgan fingerprint density at radius 2 is 1.73 bits per heavy atom. The molecule has 0 heterocycles. The summed E-state index contributed by atoms with van der Waals surface area (Å²) in [6.45, 7) is 3.84. The maximum absolute atomic E-state index is 13.1. The van der Waals surface area contributed by atoms with E-state index in [4.69, 9.17) is 0 Å². The van der Waals surface area contributed by atoms with E-state index < -0.39 is 21.6 Å². The normalized spacial score (nSPS) is 13.2. The quantitative estimate of drug-likeness (QED) is 0.591. The molecule has 6 nitrogen and oxygen atoms in total. The van der Waals surface area contributed by atoms with Crippen molar-refractivity contribution in [2.45, 2.75) is 24.8 Å². The number of amides is 1. The summed E-state index contributed by atoms with van der Waals surface area (Å²) in [5.74, 6) is -0.980. The number of benzene rings is 2. The molecule has 0 aliphatic carbocycles. The molecule has 0 aliphatic rings. The van der Waals surface area contributed by atoms with Gasteiger partial charge in [0.25, 0.3) is 5.69 Å². The Balaban J connectivity index is 2.04. The third-order valence-electron chi connectivity index (χ3n) is 3.78. The van der Waals surface area contributed by atoms with Gasteiger partial charge in [-0.25, -0.2) is 4.39 Å². The molecular weight excluding hydrogens is 359 g/mol. The first-order valence-electron chi connectivity index (χ1n) is 7.95. The van der Waals surface area contributed by atoms with Gasteiger partial charge in [-0.2, -0.15) is 0 Å². The van der Waals surface area contributed by atoms with Crippen molar-refractivity contribution in [3.05, 3.63) is 70.0 Å². The van der Waals surface area contributed by atoms with Crippen molar-refractivity contribution in [2.75, 3.05) is 5.75 Å². The molecule has 138 valence electrons. The summed E-state index contributed by atoms with van der Waals surface area (Å²) >= 11 is 0. The number of carbonyl (C=O) groups is 1. The minimum atomic E-state index is -1.62. The molecule has 0 aliphatic heterocycles. The number of nitrogens with zero attached hydrogens (tertiary/aromatic N) is 1. The highest BCUT2D eigenvalue weighted by Gasteiger charge is 2.20. The first-order chi connectivity index (χ1) is 12.3. The van der Waals surface area contributed by atoms with E-state index >= 15 is 0 Å². The van der Waals surface area contributed by atoms with Gasteiger partial charge in [0.1, 0.15) is 11.6 Å². The largest absolute Gasteiger partial charge is 0.348 e. The first kappa shape index (κ1) is 19.7. The molecular formula is C18H19FN2O4S. The number of non-ortho nitro benzene ring substituents is 1. The lowest BCUT2D eigenvalue weighted by Crippen LogP contribution is -2.34. The van der Waals surface area contributed by atoms with E-state index in [1.807, 2.05) is 13.8 Å². The van der Waals surface area contributed by atoms with Gasteiger partial charge in [0.2, 0.25) is 5.91 Å². The van der Waals surface area contributed by atoms with Crippen LogP contribution in [0.3, 0.4) is 0 Å². The summed E-state index contributed by atoms with van der Waals surface area (Å²) in [6, 6.07) is 10.8. The SMILES string of the molecule is CC(C)[C@@H](NC(=O)C[S@@](=O)c1ccc([N+](=O)[O-])cc1)c1ccc(F)cc1. The van der Waals surface area contributed by atoms with Gasteiger partial charge in [-0.15, -0.1) is 0 Å². The number of halogens is 1. The second kappa shape index (κ2) is 8.66. The van der Waals surface area contributed by atoms with Gasteiger partial charge < -0.3 is 5.32 Å². The van der Waals surface area contributed by atoms with Gasteiger partial charge in [0.15, 0.2) is 0 Å². The van der Waals surface area contributed by atoms with E-state index in [0.717, 1.165) is 5.56 Å². The van der Waals surface area contributed by atoms with Crippen LogP contribution in [0.25, 0.3) is 0 Å². The van der Waals surface area contributed by atoms with E-state index in [2.05, 4.69) is 5.32 Å². The number of nitro groups is 1. The molecule has 0 radical (unpaired) electrons. The van der Waals surface area contributed by atoms with Crippen LogP contribution in [-0.2, 0) is 15.6 Å². The van der Waals surface area contributed by atoms with Crippen LogP contribution in [0.15, 0.2) is 53.4 Å². The van der Waals surface area contributed by atoms with Gasteiger partial charge in [0.05, 0.1) is 21.8 Å². The summed E-state index contributed by atoms with van der Waals surface area (Å²) in [5.41, 5.74) is 0.655. The molecule has 0 saturated heterocycles. The molecule has 0 bridgehead atoms. The Labute approximate surface area is 153 Å². The van der Waals surface area contributed by atoms with Crippen molar-refractivity contribution >= 4 is 22.4 Å². The molecule has 0 spiro atoms. The van der Waals surface area contributed by atoms with Crippen LogP contribution in [0.1, 0.15) is 25.5 Å². The predicted molar refractivity (Wildman–Crippen MR) is 96.5 cm³/mol. The molecule has 1 N–H and O–H groups in total. The highest BCUT2D eigenvalue weighted by Crippen LogP contribution is 2.22. The summed E-state index contributed by atoms with van der Waals surface area (Å²) in [6.07, 6.45) is 0. The Hall–Kier alpha value is -2.61. The third-order valence-corrected chi connectivity index (χ3v) is 5.11. The van der Waals surface area contributed by atoms with E-state index in [1.165, 1.54) is 36.4 Å². The van der Waals surface area contributed by atoms with Crippen molar-refractivity contribution < 1.29 is 18.3 Å². The molecule has 8 heteroatoms. The molecule has 1 amide bonds. The van der Waals surface area contributed by atoms with Crippen molar-refractivity contribution in [3.8, 4) is 0 Å². The molecule has 0 aromatic heterocycles. The van der Waals surface area contributed by atoms with E-state index in [-0.39, 0.29) is 29.2 Å². The second-order valence-corrected chi connectivity index (χ2v) is 7.53. The molecule has 0 saturated carbocycles. The molecule has 2 aromatic carbocycles. The number of carbonyl (C=O) groups excluding carboxylic acids is 1. The van der Waals surface area contributed by atoms with Gasteiger partial charge in [0, 0.05) is 17.0 Å². The van der Waals surface area contributed by atoms with Crippen LogP contribution in [0.5, 0.6) is 0 Å². The van der Waals surface area contributed by atoms with Gasteiger partial charge in [-0.1, -0.05) is 26.0 Å². The molecule has 0 unspecified atom stereocenters. The lowest BCUT2D eigenvalue weighted by molar-refractivity contribution is -0.384. The Bertz CT molecular complexity index is 807. The first-order valence-corrected chi connectivity index (χ1v) is 9.27. The maximum atomic E-state index is 13.1. The maximum Gasteiger partial charge on any atom is 0.269 e. The highest BCUT2D eigenvalue weighted by molar-refractivity contribution is 7.85. The van der Waals surface area contributed by atoms with Crippen molar-refractivity contribution in [1.29, 1.82) is 0 Å². The lowest BCUT2D eigenvalue weighted by atomic mass is 9.96. The number of nitrogens with one attached hydrogen (secondary N) is 1. The Morgan fingerprint density at radius 1 is 1.15 bits per heavy atom. The minimum Gasteiger partial charge on any atom is -0.348 e. The zero-order valence-corrected chi connectivity index (χ0v) is 15.2. The zero-order valence-electron chi connectivity index (χ0n) is 14.3. The second-order valence-electron chi connectivity index (χ2n) is 6.08. The van der Waals surface area contributed by atoms with Crippen LogP contribution in [0, 0.1) is 21.8 Å². The van der Waals surface area contributed by atoms with Gasteiger partial charge in [-0.05, 0) is 35.7 Å². The fourth-order valence-electron chi connectivity index (χ4n) is 2.44. The number of rotatable bonds is 7. The van der Waals surface area contributed by atoms with Crippen LogP contribution in [0.2, 0.25) is 0 Å². The number of hydrogen-bond donors (Lipinski definition) is 1. The molecule has 26 heavy (non-hydrogen) atoms. The molecule has 2 rings (SSSR count). The molecule has 2 aromatic rings. The summed E-state index contributed by atoms with van der Waals surface area (Å²) in [7, 11) is -1.62. The molecule has 0 fully saturated rings. The standard InChI is InChI=1S/C18H19FN2O4S/c1-12(2)18(13-3-5-14(19)6-4-13)20-17(22)11-26(25)16-9-7-15(8-10-16)21(23)24/h3-10,12,18H,11H2,1-2H3,(H,20,22)/t18-,26-/m1/s1. The third kappa shape index (κ3) is 5.19. The zero-order chi connectivity index (χ0) is 19.3. The van der Waals surface area contributed by atoms with Crippen LogP contribution in [-0.4, -0.2) is 20.8 Å². The van der Waals surface area contributed by atoms with Crippen molar-refractivity contribution in [3.63, 3.8) is 0 Å². The van der Waals surface area contributed by atoms with E-state index in [1.54, 1.807) is 12.1 Å². The minimum absolute atomic E-state index is 0.0530. The fourth-order valence-corrected chi connectivity index (χ4v) is 3.37. The Morgan fingerprint density at radius 3 is 2.23 bits per heavy atom. The monoisotopic (exact) mass is 378 g/mol. The summed E-state index contributed by atoms with van der Waals surface area (Å²) in [5, 5.41) is 13.5. The summed E-state index contributed by atoms with van der Waals surface area (Å²) in [4.78, 5) is 22.7. The van der Waals surface area contributed by atoms with Crippen LogP contribution < -0.4 is 5.32 Å². The predicted octanol–water partition coefficient (Wildman–Crippen LogP) is 3.36. The van der Waals surface area contributed by atoms with E-state index in [0.29, 0.717) is 4.90 Å². The molecule has 2 atom stereocenters. The lowest BCUT2D eigenvalue weighted by Gasteiger charge is -2.23. The Kier molecular flexibility index (Phi) is 6.57. The average molecular weight is 378 g/mol. The van der Waals surface area contributed by atoms with Gasteiger partial charge in [-0.3, -0.25) is 19.1 Å². The van der Waals surface area contributed by atoms with Gasteiger partial charge >= 0.3 is 0 Å². The van der Waals surface area contributed by atoms with Crippen LogP contribution in [0.4, 0.5) is 10.1 Å². The summed E-state index contributed by atoms with van der Waals surface area (Å²) < 4.78 is 25.4. The average Bonchev–Trinajstić information content (AvgIpc) is 2.60. The smallest absolute Gasteiger partial charge is 0.269 e. The fraction of sp³-hybridized carbons (Fsp3) is 0.278. The number of hydrogen-bond acceptors (Lipinski definition) is 4. The van der Waals surface area contributed by atoms with E-state index in [9.17, 15) is 23.5 Å².